The number of para-hydroxylation sites is 1. The van der Waals surface area contributed by atoms with Crippen molar-refractivity contribution in [2.75, 3.05) is 5.73 Å². The van der Waals surface area contributed by atoms with Crippen molar-refractivity contribution >= 4 is 12.0 Å². The maximum absolute atomic E-state index is 12.3. The third kappa shape index (κ3) is 3.80. The summed E-state index contributed by atoms with van der Waals surface area (Å²) in [4.78, 5) is 12.3. The molecule has 0 spiro atoms. The Morgan fingerprint density at radius 3 is 2.43 bits per heavy atom. The summed E-state index contributed by atoms with van der Waals surface area (Å²) < 4.78 is 3.01. The van der Waals surface area contributed by atoms with Crippen LogP contribution in [0.5, 0.6) is 0 Å². The Balaban J connectivity index is 1.86. The normalized spacial score (nSPS) is 11.3. The van der Waals surface area contributed by atoms with E-state index in [1.165, 1.54) is 16.3 Å². The smallest absolute Gasteiger partial charge is 0.273 e. The van der Waals surface area contributed by atoms with Crippen molar-refractivity contribution in [1.29, 1.82) is 0 Å². The summed E-state index contributed by atoms with van der Waals surface area (Å²) in [7, 11) is 0. The number of anilines is 1. The summed E-state index contributed by atoms with van der Waals surface area (Å²) in [5.41, 5.74) is 12.4. The molecule has 6 nitrogen and oxygen atoms in total. The highest BCUT2D eigenvalue weighted by atomic mass is 16.1. The van der Waals surface area contributed by atoms with Gasteiger partial charge in [-0.1, -0.05) is 42.0 Å². The number of hydrogen-bond acceptors (Lipinski definition) is 4. The van der Waals surface area contributed by atoms with Gasteiger partial charge in [0.25, 0.3) is 5.56 Å². The highest BCUT2D eigenvalue weighted by Crippen LogP contribution is 2.26. The van der Waals surface area contributed by atoms with Crippen LogP contribution in [-0.4, -0.2) is 20.7 Å². The van der Waals surface area contributed by atoms with Crippen molar-refractivity contribution in [3.8, 4) is 16.9 Å². The van der Waals surface area contributed by atoms with E-state index in [0.717, 1.165) is 33.6 Å². The number of aromatic nitrogens is 3. The van der Waals surface area contributed by atoms with E-state index in [9.17, 15) is 4.79 Å². The van der Waals surface area contributed by atoms with Crippen LogP contribution in [-0.2, 0) is 0 Å². The Labute approximate surface area is 174 Å². The second-order valence-electron chi connectivity index (χ2n) is 7.38. The predicted molar refractivity (Wildman–Crippen MR) is 121 cm³/mol. The molecule has 2 heterocycles. The van der Waals surface area contributed by atoms with Crippen LogP contribution in [0.4, 0.5) is 5.82 Å². The van der Waals surface area contributed by atoms with Crippen molar-refractivity contribution in [3.05, 3.63) is 99.5 Å². The minimum Gasteiger partial charge on any atom is -0.384 e. The first-order valence-electron chi connectivity index (χ1n) is 9.68. The fourth-order valence-electron chi connectivity index (χ4n) is 3.45. The molecule has 2 N–H and O–H groups in total. The number of aryl methyl sites for hydroxylation is 3. The van der Waals surface area contributed by atoms with Crippen LogP contribution < -0.4 is 11.3 Å². The molecule has 0 aliphatic heterocycles. The van der Waals surface area contributed by atoms with Gasteiger partial charge in [-0.25, -0.2) is 4.68 Å². The lowest BCUT2D eigenvalue weighted by Crippen LogP contribution is -2.19. The molecule has 0 aliphatic rings. The van der Waals surface area contributed by atoms with E-state index >= 15 is 0 Å². The monoisotopic (exact) mass is 397 g/mol. The van der Waals surface area contributed by atoms with Gasteiger partial charge in [-0.15, -0.1) is 0 Å². The second-order valence-corrected chi connectivity index (χ2v) is 7.38. The number of benzene rings is 2. The second kappa shape index (κ2) is 7.83. The molecule has 4 aromatic rings. The van der Waals surface area contributed by atoms with Gasteiger partial charge in [0, 0.05) is 23.4 Å². The van der Waals surface area contributed by atoms with Gasteiger partial charge in [0.1, 0.15) is 11.5 Å². The average Bonchev–Trinajstić information content (AvgIpc) is 3.12. The summed E-state index contributed by atoms with van der Waals surface area (Å²) in [6, 6.07) is 19.3. The number of nitrogen functional groups attached to an aromatic ring is 1. The quantitative estimate of drug-likeness (QED) is 0.527. The van der Waals surface area contributed by atoms with Gasteiger partial charge in [-0.05, 0) is 50.1 Å². The zero-order chi connectivity index (χ0) is 21.3. The molecule has 0 saturated heterocycles. The fourth-order valence-corrected chi connectivity index (χ4v) is 3.45. The molecule has 0 aliphatic carbocycles. The van der Waals surface area contributed by atoms with E-state index in [4.69, 9.17) is 10.8 Å². The van der Waals surface area contributed by atoms with Gasteiger partial charge in [-0.2, -0.15) is 14.9 Å². The molecule has 2 aromatic heterocycles. The molecular weight excluding hydrogens is 374 g/mol. The summed E-state index contributed by atoms with van der Waals surface area (Å²) in [5, 5.41) is 9.18. The van der Waals surface area contributed by atoms with Crippen molar-refractivity contribution in [3.63, 3.8) is 0 Å². The van der Waals surface area contributed by atoms with Crippen molar-refractivity contribution in [2.24, 2.45) is 5.10 Å². The molecule has 0 fully saturated rings. The SMILES string of the molecule is Cc1ccc(-c2nn(-c3ccccc3)cc2/C=N\n2c(N)cc(C)cc2=O)c(C)c1. The maximum atomic E-state index is 12.3. The topological polar surface area (TPSA) is 78.2 Å². The Bertz CT molecular complexity index is 1300. The summed E-state index contributed by atoms with van der Waals surface area (Å²) in [6.07, 6.45) is 3.54. The lowest BCUT2D eigenvalue weighted by Gasteiger charge is -2.06. The standard InChI is InChI=1S/C24H23N5O/c1-16-9-10-21(18(3)11-16)24-19(15-28(27-24)20-7-5-4-6-8-20)14-26-29-22(25)12-17(2)13-23(29)30/h4-15H,25H2,1-3H3/b26-14-. The van der Waals surface area contributed by atoms with E-state index in [-0.39, 0.29) is 5.56 Å². The lowest BCUT2D eigenvalue weighted by atomic mass is 10.0. The Kier molecular flexibility index (Phi) is 5.06. The molecule has 0 atom stereocenters. The molecule has 2 aromatic carbocycles. The van der Waals surface area contributed by atoms with Gasteiger partial charge >= 0.3 is 0 Å². The van der Waals surface area contributed by atoms with Crippen molar-refractivity contribution in [2.45, 2.75) is 20.8 Å². The van der Waals surface area contributed by atoms with Crippen LogP contribution in [0.3, 0.4) is 0 Å². The molecule has 0 amide bonds. The Hall–Kier alpha value is -3.93. The molecule has 4 rings (SSSR count). The van der Waals surface area contributed by atoms with E-state index in [0.29, 0.717) is 5.82 Å². The van der Waals surface area contributed by atoms with Crippen LogP contribution in [0, 0.1) is 20.8 Å². The predicted octanol–water partition coefficient (Wildman–Crippen LogP) is 4.09. The van der Waals surface area contributed by atoms with Gasteiger partial charge in [0.05, 0.1) is 11.9 Å². The molecular formula is C24H23N5O. The Morgan fingerprint density at radius 2 is 1.73 bits per heavy atom. The molecule has 30 heavy (non-hydrogen) atoms. The number of nitrogens with two attached hydrogens (primary N) is 1. The van der Waals surface area contributed by atoms with Gasteiger partial charge in [-0.3, -0.25) is 4.79 Å². The molecule has 150 valence electrons. The van der Waals surface area contributed by atoms with E-state index in [1.807, 2.05) is 48.1 Å². The lowest BCUT2D eigenvalue weighted by molar-refractivity contribution is 0.843. The van der Waals surface area contributed by atoms with Gasteiger partial charge in [0.2, 0.25) is 0 Å². The first kappa shape index (κ1) is 19.4. The minimum atomic E-state index is -0.271. The number of rotatable bonds is 4. The first-order chi connectivity index (χ1) is 14.4. The maximum Gasteiger partial charge on any atom is 0.273 e. The average molecular weight is 397 g/mol. The third-order valence-electron chi connectivity index (χ3n) is 4.89. The van der Waals surface area contributed by atoms with Crippen LogP contribution >= 0.6 is 0 Å². The zero-order valence-electron chi connectivity index (χ0n) is 17.2. The van der Waals surface area contributed by atoms with Crippen LogP contribution in [0.15, 0.2) is 76.8 Å². The number of hydrogen-bond donors (Lipinski definition) is 1. The summed E-state index contributed by atoms with van der Waals surface area (Å²) in [6.45, 7) is 5.95. The third-order valence-corrected chi connectivity index (χ3v) is 4.89. The van der Waals surface area contributed by atoms with Gasteiger partial charge in [0.15, 0.2) is 0 Å². The summed E-state index contributed by atoms with van der Waals surface area (Å²) >= 11 is 0. The van der Waals surface area contributed by atoms with E-state index in [2.05, 4.69) is 37.1 Å². The molecule has 6 heteroatoms. The highest BCUT2D eigenvalue weighted by molar-refractivity contribution is 5.89. The van der Waals surface area contributed by atoms with Crippen LogP contribution in [0.25, 0.3) is 16.9 Å². The van der Waals surface area contributed by atoms with E-state index < -0.39 is 0 Å². The molecule has 0 unspecified atom stereocenters. The fraction of sp³-hybridized carbons (Fsp3) is 0.125. The molecule has 0 saturated carbocycles. The van der Waals surface area contributed by atoms with E-state index in [1.54, 1.807) is 12.3 Å². The minimum absolute atomic E-state index is 0.271. The van der Waals surface area contributed by atoms with Crippen molar-refractivity contribution in [1.82, 2.24) is 14.5 Å². The highest BCUT2D eigenvalue weighted by Gasteiger charge is 2.13. The summed E-state index contributed by atoms with van der Waals surface area (Å²) in [5.74, 6) is 0.291. The van der Waals surface area contributed by atoms with Crippen LogP contribution in [0.1, 0.15) is 22.3 Å². The Morgan fingerprint density at radius 1 is 0.967 bits per heavy atom. The van der Waals surface area contributed by atoms with Crippen molar-refractivity contribution < 1.29 is 0 Å². The van der Waals surface area contributed by atoms with Crippen LogP contribution in [0.2, 0.25) is 0 Å². The van der Waals surface area contributed by atoms with Gasteiger partial charge < -0.3 is 5.73 Å². The number of pyridine rings is 1. The zero-order valence-corrected chi connectivity index (χ0v) is 17.2. The molecule has 0 radical (unpaired) electrons. The largest absolute Gasteiger partial charge is 0.384 e. The number of nitrogens with zero attached hydrogens (tertiary/aromatic N) is 4. The first-order valence-corrected chi connectivity index (χ1v) is 9.68. The molecule has 0 bridgehead atoms.